The molecule has 0 aliphatic heterocycles. The number of hydrazine groups is 1. The number of nitrogens with one attached hydrogen (secondary N) is 3. The molecule has 0 unspecified atom stereocenters. The van der Waals surface area contributed by atoms with E-state index in [4.69, 9.17) is 4.52 Å². The summed E-state index contributed by atoms with van der Waals surface area (Å²) in [5.41, 5.74) is 6.63. The molecule has 0 spiro atoms. The molecule has 4 rings (SSSR count). The molecule has 0 aliphatic carbocycles. The third-order valence-electron chi connectivity index (χ3n) is 4.11. The van der Waals surface area contributed by atoms with Crippen LogP contribution in [0.4, 0.5) is 17.4 Å². The van der Waals surface area contributed by atoms with E-state index in [0.717, 1.165) is 5.39 Å². The maximum absolute atomic E-state index is 12.9. The zero-order valence-electron chi connectivity index (χ0n) is 14.9. The first-order valence-corrected chi connectivity index (χ1v) is 8.55. The number of aromatic nitrogens is 2. The van der Waals surface area contributed by atoms with E-state index in [1.807, 2.05) is 36.4 Å². The Bertz CT molecular complexity index is 1140. The molecule has 1 heterocycles. The Balaban J connectivity index is 1.71. The molecule has 8 heteroatoms. The minimum atomic E-state index is -0.419. The van der Waals surface area contributed by atoms with Crippen LogP contribution in [0.5, 0.6) is 5.75 Å². The number of carbonyl (C=O) groups excluding carboxylic acids is 1. The van der Waals surface area contributed by atoms with Crippen LogP contribution in [0.2, 0.25) is 0 Å². The summed E-state index contributed by atoms with van der Waals surface area (Å²) in [6.45, 7) is 1.69. The van der Waals surface area contributed by atoms with E-state index in [9.17, 15) is 9.90 Å². The number of amides is 1. The number of phenolic OH excluding ortho intramolecular Hbond substituents is 1. The quantitative estimate of drug-likeness (QED) is 0.309. The van der Waals surface area contributed by atoms with Gasteiger partial charge >= 0.3 is 6.01 Å². The SMILES string of the molecule is Cc1noc(NNc2cc3ccccc3c(C(=O)Nc3ccccc3)c2O)n1. The van der Waals surface area contributed by atoms with Crippen LogP contribution in [0, 0.1) is 6.92 Å². The standard InChI is InChI=1S/C20H17N5O3/c1-12-21-20(28-25-12)24-23-16-11-13-7-5-6-10-15(13)17(18(16)26)19(27)22-14-8-3-2-4-9-14/h2-11,23,26H,1H3,(H,22,27)(H,21,24,25). The highest BCUT2D eigenvalue weighted by Gasteiger charge is 2.19. The van der Waals surface area contributed by atoms with Gasteiger partial charge in [-0.15, -0.1) is 0 Å². The van der Waals surface area contributed by atoms with E-state index in [2.05, 4.69) is 26.3 Å². The molecule has 28 heavy (non-hydrogen) atoms. The van der Waals surface area contributed by atoms with E-state index >= 15 is 0 Å². The number of benzene rings is 3. The summed E-state index contributed by atoms with van der Waals surface area (Å²) in [5, 5.41) is 18.7. The maximum Gasteiger partial charge on any atom is 0.340 e. The third kappa shape index (κ3) is 3.43. The number of rotatable bonds is 5. The first-order chi connectivity index (χ1) is 13.6. The number of fused-ring (bicyclic) bond motifs is 1. The number of phenols is 1. The van der Waals surface area contributed by atoms with Gasteiger partial charge < -0.3 is 14.9 Å². The highest BCUT2D eigenvalue weighted by molar-refractivity contribution is 6.16. The van der Waals surface area contributed by atoms with Gasteiger partial charge in [0.15, 0.2) is 11.6 Å². The second-order valence-electron chi connectivity index (χ2n) is 6.09. The average molecular weight is 375 g/mol. The molecular formula is C20H17N5O3. The molecule has 0 fully saturated rings. The summed E-state index contributed by atoms with van der Waals surface area (Å²) >= 11 is 0. The molecule has 0 radical (unpaired) electrons. The molecule has 0 aliphatic rings. The number of hydrogen-bond donors (Lipinski definition) is 4. The van der Waals surface area contributed by atoms with Crippen molar-refractivity contribution in [2.24, 2.45) is 0 Å². The minimum absolute atomic E-state index is 0.139. The van der Waals surface area contributed by atoms with Crippen LogP contribution in [-0.4, -0.2) is 21.2 Å². The Morgan fingerprint density at radius 3 is 2.54 bits per heavy atom. The maximum atomic E-state index is 12.9. The average Bonchev–Trinajstić information content (AvgIpc) is 3.12. The molecule has 4 aromatic rings. The van der Waals surface area contributed by atoms with Gasteiger partial charge in [0.25, 0.3) is 5.91 Å². The fourth-order valence-electron chi connectivity index (χ4n) is 2.85. The van der Waals surface area contributed by atoms with E-state index in [1.165, 1.54) is 0 Å². The van der Waals surface area contributed by atoms with Crippen LogP contribution in [0.3, 0.4) is 0 Å². The third-order valence-corrected chi connectivity index (χ3v) is 4.11. The lowest BCUT2D eigenvalue weighted by molar-refractivity contribution is 0.102. The molecule has 4 N–H and O–H groups in total. The van der Waals surface area contributed by atoms with Crippen molar-refractivity contribution in [2.45, 2.75) is 6.92 Å². The van der Waals surface area contributed by atoms with Gasteiger partial charge in [-0.1, -0.05) is 47.6 Å². The summed E-state index contributed by atoms with van der Waals surface area (Å²) in [4.78, 5) is 16.9. The zero-order valence-corrected chi connectivity index (χ0v) is 14.9. The summed E-state index contributed by atoms with van der Waals surface area (Å²) in [5.74, 6) is -0.150. The minimum Gasteiger partial charge on any atom is -0.505 e. The van der Waals surface area contributed by atoms with Crippen molar-refractivity contribution in [1.82, 2.24) is 10.1 Å². The van der Waals surface area contributed by atoms with Gasteiger partial charge in [-0.2, -0.15) is 4.98 Å². The smallest absolute Gasteiger partial charge is 0.340 e. The van der Waals surface area contributed by atoms with E-state index in [0.29, 0.717) is 22.6 Å². The predicted molar refractivity (Wildman–Crippen MR) is 106 cm³/mol. The number of nitrogens with zero attached hydrogens (tertiary/aromatic N) is 2. The van der Waals surface area contributed by atoms with E-state index in [-0.39, 0.29) is 17.3 Å². The van der Waals surface area contributed by atoms with Gasteiger partial charge in [0.2, 0.25) is 0 Å². The first kappa shape index (κ1) is 17.3. The highest BCUT2D eigenvalue weighted by Crippen LogP contribution is 2.35. The number of aryl methyl sites for hydroxylation is 1. The van der Waals surface area contributed by atoms with Gasteiger partial charge in [0, 0.05) is 5.69 Å². The molecule has 140 valence electrons. The summed E-state index contributed by atoms with van der Waals surface area (Å²) < 4.78 is 4.97. The Kier molecular flexibility index (Phi) is 4.51. The topological polar surface area (TPSA) is 112 Å². The lowest BCUT2D eigenvalue weighted by atomic mass is 10.0. The number of aromatic hydroxyl groups is 1. The van der Waals surface area contributed by atoms with Crippen LogP contribution in [0.25, 0.3) is 10.8 Å². The first-order valence-electron chi connectivity index (χ1n) is 8.55. The van der Waals surface area contributed by atoms with Gasteiger partial charge in [0.05, 0.1) is 11.3 Å². The highest BCUT2D eigenvalue weighted by atomic mass is 16.5. The molecule has 1 aromatic heterocycles. The zero-order chi connectivity index (χ0) is 19.5. The van der Waals surface area contributed by atoms with Crippen molar-refractivity contribution in [2.75, 3.05) is 16.2 Å². The molecule has 8 nitrogen and oxygen atoms in total. The fraction of sp³-hybridized carbons (Fsp3) is 0.0500. The predicted octanol–water partition coefficient (Wildman–Crippen LogP) is 3.93. The van der Waals surface area contributed by atoms with Crippen LogP contribution in [0.15, 0.2) is 65.2 Å². The fourth-order valence-corrected chi connectivity index (χ4v) is 2.85. The molecule has 1 amide bonds. The van der Waals surface area contributed by atoms with Gasteiger partial charge in [-0.05, 0) is 35.9 Å². The van der Waals surface area contributed by atoms with E-state index < -0.39 is 5.91 Å². The number of carbonyl (C=O) groups is 1. The normalized spacial score (nSPS) is 10.6. The summed E-state index contributed by atoms with van der Waals surface area (Å²) in [7, 11) is 0. The van der Waals surface area contributed by atoms with Crippen LogP contribution >= 0.6 is 0 Å². The second kappa shape index (κ2) is 7.28. The van der Waals surface area contributed by atoms with Crippen molar-refractivity contribution >= 4 is 34.1 Å². The Morgan fingerprint density at radius 2 is 1.79 bits per heavy atom. The van der Waals surface area contributed by atoms with Gasteiger partial charge in [-0.25, -0.2) is 0 Å². The molecule has 0 atom stereocenters. The van der Waals surface area contributed by atoms with Gasteiger partial charge in [0.1, 0.15) is 0 Å². The molecule has 0 saturated heterocycles. The van der Waals surface area contributed by atoms with Crippen LogP contribution < -0.4 is 16.2 Å². The van der Waals surface area contributed by atoms with E-state index in [1.54, 1.807) is 31.2 Å². The largest absolute Gasteiger partial charge is 0.505 e. The Morgan fingerprint density at radius 1 is 1.04 bits per heavy atom. The van der Waals surface area contributed by atoms with Crippen molar-refractivity contribution in [3.05, 3.63) is 72.1 Å². The van der Waals surface area contributed by atoms with Crippen molar-refractivity contribution in [3.63, 3.8) is 0 Å². The molecular weight excluding hydrogens is 358 g/mol. The van der Waals surface area contributed by atoms with Crippen molar-refractivity contribution in [1.29, 1.82) is 0 Å². The number of para-hydroxylation sites is 1. The number of anilines is 3. The Hall–Kier alpha value is -4.07. The summed E-state index contributed by atoms with van der Waals surface area (Å²) in [6, 6.07) is 18.2. The van der Waals surface area contributed by atoms with Crippen molar-refractivity contribution in [3.8, 4) is 5.75 Å². The number of hydrogen-bond acceptors (Lipinski definition) is 7. The lowest BCUT2D eigenvalue weighted by Crippen LogP contribution is -2.15. The lowest BCUT2D eigenvalue weighted by Gasteiger charge is -2.15. The van der Waals surface area contributed by atoms with Crippen LogP contribution in [-0.2, 0) is 0 Å². The van der Waals surface area contributed by atoms with Crippen molar-refractivity contribution < 1.29 is 14.4 Å². The molecule has 0 bridgehead atoms. The second-order valence-corrected chi connectivity index (χ2v) is 6.09. The van der Waals surface area contributed by atoms with Gasteiger partial charge in [-0.3, -0.25) is 15.6 Å². The molecule has 3 aromatic carbocycles. The molecule has 0 saturated carbocycles. The summed E-state index contributed by atoms with van der Waals surface area (Å²) in [6.07, 6.45) is 0. The Labute approximate surface area is 160 Å². The van der Waals surface area contributed by atoms with Crippen LogP contribution in [0.1, 0.15) is 16.2 Å². The monoisotopic (exact) mass is 375 g/mol.